The zero-order valence-electron chi connectivity index (χ0n) is 8.75. The second kappa shape index (κ2) is 5.10. The number of methoxy groups -OCH3 is 1. The van der Waals surface area contributed by atoms with E-state index in [0.29, 0.717) is 20.6 Å². The molecule has 0 fully saturated rings. The van der Waals surface area contributed by atoms with Crippen LogP contribution >= 0.6 is 31.9 Å². The summed E-state index contributed by atoms with van der Waals surface area (Å²) >= 11 is 6.55. The average Bonchev–Trinajstić information content (AvgIpc) is 2.28. The minimum absolute atomic E-state index is 0.169. The number of aromatic nitrogens is 2. The third kappa shape index (κ3) is 2.81. The van der Waals surface area contributed by atoms with Gasteiger partial charge in [0.2, 0.25) is 0 Å². The van der Waals surface area contributed by atoms with Gasteiger partial charge in [-0.25, -0.2) is 14.4 Å². The predicted octanol–water partition coefficient (Wildman–Crippen LogP) is 3.82. The van der Waals surface area contributed by atoms with Crippen molar-refractivity contribution in [3.8, 4) is 17.1 Å². The SMILES string of the molecule is COc1cc(-c2nc(Br)cc(Br)n2)ccc1F. The Hall–Kier alpha value is -1.01. The molecule has 1 aromatic carbocycles. The number of halogens is 3. The van der Waals surface area contributed by atoms with Gasteiger partial charge in [0.1, 0.15) is 9.21 Å². The second-order valence-corrected chi connectivity index (χ2v) is 4.81. The fourth-order valence-electron chi connectivity index (χ4n) is 1.32. The molecular weight excluding hydrogens is 355 g/mol. The van der Waals surface area contributed by atoms with E-state index in [1.165, 1.54) is 13.2 Å². The van der Waals surface area contributed by atoms with Gasteiger partial charge in [-0.05, 0) is 50.1 Å². The summed E-state index contributed by atoms with van der Waals surface area (Å²) in [6.07, 6.45) is 0. The van der Waals surface area contributed by atoms with Crippen LogP contribution in [-0.4, -0.2) is 17.1 Å². The fraction of sp³-hybridized carbons (Fsp3) is 0.0909. The summed E-state index contributed by atoms with van der Waals surface area (Å²) in [6.45, 7) is 0. The van der Waals surface area contributed by atoms with Gasteiger partial charge in [0.15, 0.2) is 17.4 Å². The van der Waals surface area contributed by atoms with Gasteiger partial charge in [0.05, 0.1) is 7.11 Å². The molecule has 3 nitrogen and oxygen atoms in total. The van der Waals surface area contributed by atoms with Crippen LogP contribution in [0.5, 0.6) is 5.75 Å². The molecule has 0 amide bonds. The number of ether oxygens (including phenoxy) is 1. The first-order valence-electron chi connectivity index (χ1n) is 4.64. The van der Waals surface area contributed by atoms with Crippen molar-refractivity contribution in [1.82, 2.24) is 9.97 Å². The highest BCUT2D eigenvalue weighted by Crippen LogP contribution is 2.26. The van der Waals surface area contributed by atoms with E-state index in [2.05, 4.69) is 41.8 Å². The van der Waals surface area contributed by atoms with E-state index in [-0.39, 0.29) is 5.75 Å². The normalized spacial score (nSPS) is 10.4. The highest BCUT2D eigenvalue weighted by molar-refractivity contribution is 9.11. The molecule has 0 aliphatic carbocycles. The van der Waals surface area contributed by atoms with E-state index in [0.717, 1.165) is 0 Å². The largest absolute Gasteiger partial charge is 0.494 e. The molecule has 6 heteroatoms. The van der Waals surface area contributed by atoms with Crippen molar-refractivity contribution in [2.24, 2.45) is 0 Å². The van der Waals surface area contributed by atoms with Gasteiger partial charge in [0, 0.05) is 11.6 Å². The van der Waals surface area contributed by atoms with Crippen LogP contribution in [0.15, 0.2) is 33.5 Å². The maximum Gasteiger partial charge on any atom is 0.165 e. The quantitative estimate of drug-likeness (QED) is 0.763. The lowest BCUT2D eigenvalue weighted by Crippen LogP contribution is -1.93. The minimum atomic E-state index is -0.412. The number of hydrogen-bond donors (Lipinski definition) is 0. The summed E-state index contributed by atoms with van der Waals surface area (Å²) in [5, 5.41) is 0. The molecular formula is C11H7Br2FN2O. The lowest BCUT2D eigenvalue weighted by Gasteiger charge is -2.05. The monoisotopic (exact) mass is 360 g/mol. The molecule has 0 saturated heterocycles. The Morgan fingerprint density at radius 2 is 1.76 bits per heavy atom. The molecule has 2 rings (SSSR count). The predicted molar refractivity (Wildman–Crippen MR) is 69.4 cm³/mol. The van der Waals surface area contributed by atoms with Gasteiger partial charge in [-0.15, -0.1) is 0 Å². The highest BCUT2D eigenvalue weighted by Gasteiger charge is 2.08. The first kappa shape index (κ1) is 12.4. The van der Waals surface area contributed by atoms with Crippen LogP contribution in [0.3, 0.4) is 0 Å². The summed E-state index contributed by atoms with van der Waals surface area (Å²) in [5.74, 6) is 0.247. The van der Waals surface area contributed by atoms with Crippen LogP contribution in [0.4, 0.5) is 4.39 Å². The van der Waals surface area contributed by atoms with E-state index < -0.39 is 5.82 Å². The molecule has 0 atom stereocenters. The van der Waals surface area contributed by atoms with Gasteiger partial charge in [-0.1, -0.05) is 0 Å². The molecule has 0 unspecified atom stereocenters. The summed E-state index contributed by atoms with van der Waals surface area (Å²) in [7, 11) is 1.42. The average molecular weight is 362 g/mol. The van der Waals surface area contributed by atoms with Gasteiger partial charge in [0.25, 0.3) is 0 Å². The fourth-order valence-corrected chi connectivity index (χ4v) is 2.39. The molecule has 0 bridgehead atoms. The highest BCUT2D eigenvalue weighted by atomic mass is 79.9. The first-order valence-corrected chi connectivity index (χ1v) is 6.23. The second-order valence-electron chi connectivity index (χ2n) is 3.19. The Kier molecular flexibility index (Phi) is 3.73. The maximum atomic E-state index is 13.3. The van der Waals surface area contributed by atoms with Crippen molar-refractivity contribution in [3.63, 3.8) is 0 Å². The van der Waals surface area contributed by atoms with Crippen molar-refractivity contribution in [1.29, 1.82) is 0 Å². The standard InChI is InChI=1S/C11H7Br2FN2O/c1-17-8-4-6(2-3-7(8)14)11-15-9(12)5-10(13)16-11/h2-5H,1H3. The van der Waals surface area contributed by atoms with E-state index >= 15 is 0 Å². The molecule has 0 N–H and O–H groups in total. The van der Waals surface area contributed by atoms with Crippen LogP contribution in [-0.2, 0) is 0 Å². The number of rotatable bonds is 2. The topological polar surface area (TPSA) is 35.0 Å². The van der Waals surface area contributed by atoms with E-state index in [9.17, 15) is 4.39 Å². The molecule has 0 aliphatic heterocycles. The molecule has 2 aromatic rings. The lowest BCUT2D eigenvalue weighted by atomic mass is 10.2. The van der Waals surface area contributed by atoms with Crippen molar-refractivity contribution in [2.75, 3.05) is 7.11 Å². The third-order valence-electron chi connectivity index (χ3n) is 2.07. The Balaban J connectivity index is 2.52. The molecule has 0 aliphatic rings. The minimum Gasteiger partial charge on any atom is -0.494 e. The Morgan fingerprint density at radius 3 is 2.35 bits per heavy atom. The van der Waals surface area contributed by atoms with Gasteiger partial charge < -0.3 is 4.74 Å². The summed E-state index contributed by atoms with van der Waals surface area (Å²) in [6, 6.07) is 6.21. The van der Waals surface area contributed by atoms with E-state index in [1.807, 2.05) is 0 Å². The van der Waals surface area contributed by atoms with Gasteiger partial charge in [-0.3, -0.25) is 0 Å². The molecule has 1 aromatic heterocycles. The molecule has 88 valence electrons. The molecule has 1 heterocycles. The van der Waals surface area contributed by atoms with Crippen LogP contribution in [0.2, 0.25) is 0 Å². The Labute approximate surface area is 114 Å². The van der Waals surface area contributed by atoms with Gasteiger partial charge >= 0.3 is 0 Å². The Morgan fingerprint density at radius 1 is 1.12 bits per heavy atom. The first-order chi connectivity index (χ1) is 8.10. The zero-order valence-corrected chi connectivity index (χ0v) is 11.9. The summed E-state index contributed by atoms with van der Waals surface area (Å²) < 4.78 is 19.5. The number of benzene rings is 1. The third-order valence-corrected chi connectivity index (χ3v) is 2.89. The summed E-state index contributed by atoms with van der Waals surface area (Å²) in [5.41, 5.74) is 0.685. The van der Waals surface area contributed by atoms with Crippen LogP contribution < -0.4 is 4.74 Å². The van der Waals surface area contributed by atoms with Crippen molar-refractivity contribution in [3.05, 3.63) is 39.3 Å². The van der Waals surface area contributed by atoms with Crippen molar-refractivity contribution >= 4 is 31.9 Å². The Bertz CT molecular complexity index is 543. The van der Waals surface area contributed by atoms with Crippen molar-refractivity contribution < 1.29 is 9.13 Å². The molecule has 0 saturated carbocycles. The smallest absolute Gasteiger partial charge is 0.165 e. The lowest BCUT2D eigenvalue weighted by molar-refractivity contribution is 0.386. The van der Waals surface area contributed by atoms with Crippen molar-refractivity contribution in [2.45, 2.75) is 0 Å². The van der Waals surface area contributed by atoms with Crippen LogP contribution in [0, 0.1) is 5.82 Å². The van der Waals surface area contributed by atoms with Crippen LogP contribution in [0.25, 0.3) is 11.4 Å². The van der Waals surface area contributed by atoms with Gasteiger partial charge in [-0.2, -0.15) is 0 Å². The van der Waals surface area contributed by atoms with Crippen LogP contribution in [0.1, 0.15) is 0 Å². The zero-order chi connectivity index (χ0) is 12.4. The van der Waals surface area contributed by atoms with E-state index in [4.69, 9.17) is 4.74 Å². The number of hydrogen-bond acceptors (Lipinski definition) is 3. The summed E-state index contributed by atoms with van der Waals surface area (Å²) in [4.78, 5) is 8.41. The molecule has 17 heavy (non-hydrogen) atoms. The molecule has 0 radical (unpaired) electrons. The maximum absolute atomic E-state index is 13.3. The number of nitrogens with zero attached hydrogens (tertiary/aromatic N) is 2. The molecule has 0 spiro atoms. The van der Waals surface area contributed by atoms with E-state index in [1.54, 1.807) is 18.2 Å².